The number of nitrogens with one attached hydrogen (secondary N) is 1. The highest BCUT2D eigenvalue weighted by molar-refractivity contribution is 8.18. The Morgan fingerprint density at radius 3 is 2.61 bits per heavy atom. The molecule has 0 bridgehead atoms. The summed E-state index contributed by atoms with van der Waals surface area (Å²) in [5.74, 6) is 0.323. The maximum Gasteiger partial charge on any atom is 0.294 e. The average molecular weight is 408 g/mol. The second-order valence-corrected chi connectivity index (χ2v) is 6.97. The molecule has 1 N–H and O–H groups in total. The first kappa shape index (κ1) is 21.8. The van der Waals surface area contributed by atoms with Crippen LogP contribution in [-0.4, -0.2) is 63.0 Å². The summed E-state index contributed by atoms with van der Waals surface area (Å²) < 4.78 is 15.6. The van der Waals surface area contributed by atoms with Gasteiger partial charge in [0.1, 0.15) is 18.0 Å². The molecule has 1 aromatic rings. The van der Waals surface area contributed by atoms with Crippen LogP contribution in [0.15, 0.2) is 17.0 Å². The molecule has 0 radical (unpaired) electrons. The minimum Gasteiger partial charge on any atom is -0.496 e. The van der Waals surface area contributed by atoms with Crippen molar-refractivity contribution in [2.24, 2.45) is 0 Å². The zero-order valence-corrected chi connectivity index (χ0v) is 17.2. The van der Waals surface area contributed by atoms with Crippen LogP contribution in [0.25, 0.3) is 6.08 Å². The molecule has 2 rings (SSSR count). The van der Waals surface area contributed by atoms with E-state index in [0.29, 0.717) is 36.6 Å². The molecule has 1 saturated heterocycles. The minimum absolute atomic E-state index is 0.236. The van der Waals surface area contributed by atoms with Crippen molar-refractivity contribution in [2.75, 3.05) is 41.0 Å². The van der Waals surface area contributed by atoms with Gasteiger partial charge >= 0.3 is 0 Å². The Bertz CT molecular complexity index is 793. The van der Waals surface area contributed by atoms with Crippen molar-refractivity contribution in [1.82, 2.24) is 10.2 Å². The highest BCUT2D eigenvalue weighted by Gasteiger charge is 2.36. The van der Waals surface area contributed by atoms with Crippen molar-refractivity contribution < 1.29 is 28.6 Å². The lowest BCUT2D eigenvalue weighted by Gasteiger charge is -2.13. The lowest BCUT2D eigenvalue weighted by molar-refractivity contribution is -0.129. The lowest BCUT2D eigenvalue weighted by Crippen LogP contribution is -2.39. The highest BCUT2D eigenvalue weighted by atomic mass is 32.2. The maximum absolute atomic E-state index is 12.6. The van der Waals surface area contributed by atoms with Crippen molar-refractivity contribution in [3.63, 3.8) is 0 Å². The Kier molecular flexibility index (Phi) is 7.89. The first-order chi connectivity index (χ1) is 13.4. The summed E-state index contributed by atoms with van der Waals surface area (Å²) in [4.78, 5) is 37.9. The van der Waals surface area contributed by atoms with Crippen LogP contribution in [0.5, 0.6) is 11.5 Å². The number of methoxy groups -OCH3 is 3. The van der Waals surface area contributed by atoms with Gasteiger partial charge < -0.3 is 19.5 Å². The summed E-state index contributed by atoms with van der Waals surface area (Å²) in [6, 6.07) is 3.52. The molecule has 0 saturated carbocycles. The Labute approximate surface area is 168 Å². The molecule has 1 aliphatic heterocycles. The van der Waals surface area contributed by atoms with Gasteiger partial charge in [-0.05, 0) is 43.3 Å². The van der Waals surface area contributed by atoms with Crippen molar-refractivity contribution in [1.29, 1.82) is 0 Å². The third-order valence-corrected chi connectivity index (χ3v) is 5.03. The van der Waals surface area contributed by atoms with Crippen LogP contribution >= 0.6 is 11.8 Å². The van der Waals surface area contributed by atoms with E-state index in [1.54, 1.807) is 32.4 Å². The van der Waals surface area contributed by atoms with E-state index >= 15 is 0 Å². The number of rotatable bonds is 9. The number of carbonyl (C=O) groups is 3. The Morgan fingerprint density at radius 2 is 1.96 bits per heavy atom. The van der Waals surface area contributed by atoms with E-state index in [4.69, 9.17) is 14.2 Å². The van der Waals surface area contributed by atoms with Crippen LogP contribution in [0.1, 0.15) is 17.5 Å². The van der Waals surface area contributed by atoms with E-state index in [2.05, 4.69) is 5.32 Å². The van der Waals surface area contributed by atoms with Gasteiger partial charge in [-0.25, -0.2) is 0 Å². The molecule has 0 unspecified atom stereocenters. The topological polar surface area (TPSA) is 94.2 Å². The van der Waals surface area contributed by atoms with E-state index in [1.165, 1.54) is 7.11 Å². The molecule has 28 heavy (non-hydrogen) atoms. The first-order valence-electron chi connectivity index (χ1n) is 8.65. The number of nitrogens with zero attached hydrogens (tertiary/aromatic N) is 1. The number of hydrogen-bond acceptors (Lipinski definition) is 7. The van der Waals surface area contributed by atoms with Crippen molar-refractivity contribution >= 4 is 34.9 Å². The number of benzene rings is 1. The molecular weight excluding hydrogens is 384 g/mol. The van der Waals surface area contributed by atoms with Crippen LogP contribution < -0.4 is 14.8 Å². The molecule has 1 aliphatic rings. The van der Waals surface area contributed by atoms with Crippen molar-refractivity contribution in [3.8, 4) is 11.5 Å². The van der Waals surface area contributed by atoms with Crippen LogP contribution in [0.4, 0.5) is 4.79 Å². The van der Waals surface area contributed by atoms with E-state index in [-0.39, 0.29) is 11.4 Å². The fraction of sp³-hybridized carbons (Fsp3) is 0.421. The van der Waals surface area contributed by atoms with Crippen LogP contribution in [0, 0.1) is 6.92 Å². The smallest absolute Gasteiger partial charge is 0.294 e. The molecule has 0 spiro atoms. The van der Waals surface area contributed by atoms with Gasteiger partial charge in [0.05, 0.1) is 19.1 Å². The normalized spacial score (nSPS) is 15.3. The van der Waals surface area contributed by atoms with Gasteiger partial charge in [0, 0.05) is 31.4 Å². The Hall–Kier alpha value is -2.52. The second kappa shape index (κ2) is 10.1. The number of carbonyl (C=O) groups excluding carboxylic acids is 3. The fourth-order valence-corrected chi connectivity index (χ4v) is 3.55. The molecule has 0 aromatic heterocycles. The quantitative estimate of drug-likeness (QED) is 0.494. The first-order valence-corrected chi connectivity index (χ1v) is 9.47. The van der Waals surface area contributed by atoms with Gasteiger partial charge in [-0.15, -0.1) is 0 Å². The number of imide groups is 1. The molecular formula is C19H24N2O6S. The summed E-state index contributed by atoms with van der Waals surface area (Å²) in [7, 11) is 4.67. The predicted molar refractivity (Wildman–Crippen MR) is 106 cm³/mol. The predicted octanol–water partition coefficient (Wildman–Crippen LogP) is 2.20. The highest BCUT2D eigenvalue weighted by Crippen LogP contribution is 2.37. The van der Waals surface area contributed by atoms with Gasteiger partial charge in [0.25, 0.3) is 11.1 Å². The van der Waals surface area contributed by atoms with E-state index in [1.807, 2.05) is 6.92 Å². The monoisotopic (exact) mass is 408 g/mol. The minimum atomic E-state index is -0.502. The molecule has 8 nitrogen and oxygen atoms in total. The lowest BCUT2D eigenvalue weighted by atomic mass is 10.1. The van der Waals surface area contributed by atoms with Crippen LogP contribution in [0.2, 0.25) is 0 Å². The Balaban J connectivity index is 2.13. The summed E-state index contributed by atoms with van der Waals surface area (Å²) in [5.41, 5.74) is 1.43. The van der Waals surface area contributed by atoms with Gasteiger partial charge in [0.2, 0.25) is 5.91 Å². The van der Waals surface area contributed by atoms with Gasteiger partial charge in [-0.1, -0.05) is 0 Å². The number of hydrogen-bond donors (Lipinski definition) is 1. The van der Waals surface area contributed by atoms with E-state index < -0.39 is 17.1 Å². The summed E-state index contributed by atoms with van der Waals surface area (Å²) in [5, 5.41) is 2.18. The number of ether oxygens (including phenoxy) is 3. The number of amides is 3. The molecule has 152 valence electrons. The molecule has 3 amide bonds. The molecule has 9 heteroatoms. The largest absolute Gasteiger partial charge is 0.496 e. The van der Waals surface area contributed by atoms with Crippen LogP contribution in [-0.2, 0) is 14.3 Å². The zero-order valence-electron chi connectivity index (χ0n) is 16.4. The molecule has 1 aromatic carbocycles. The third-order valence-electron chi connectivity index (χ3n) is 4.12. The molecule has 0 atom stereocenters. The SMILES string of the molecule is COCCCNC(=O)CN1C(=O)S/C(=C\c2ccc(OC)c(C)c2OC)C1=O. The molecule has 0 aliphatic carbocycles. The number of thioether (sulfide) groups is 1. The molecule has 1 heterocycles. The maximum atomic E-state index is 12.6. The van der Waals surface area contributed by atoms with Gasteiger partial charge in [-0.3, -0.25) is 19.3 Å². The van der Waals surface area contributed by atoms with E-state index in [9.17, 15) is 14.4 Å². The second-order valence-electron chi connectivity index (χ2n) is 5.98. The standard InChI is InChI=1S/C19H24N2O6S/c1-12-14(26-3)7-6-13(17(12)27-4)10-15-18(23)21(19(24)28-15)11-16(22)20-8-5-9-25-2/h6-7,10H,5,8-9,11H2,1-4H3,(H,20,22)/b15-10-. The fourth-order valence-electron chi connectivity index (χ4n) is 2.72. The summed E-state index contributed by atoms with van der Waals surface area (Å²) in [6.07, 6.45) is 2.24. The molecule has 1 fully saturated rings. The Morgan fingerprint density at radius 1 is 1.21 bits per heavy atom. The summed E-state index contributed by atoms with van der Waals surface area (Å²) in [6.45, 7) is 2.47. The average Bonchev–Trinajstić information content (AvgIpc) is 2.93. The zero-order chi connectivity index (χ0) is 20.7. The van der Waals surface area contributed by atoms with E-state index in [0.717, 1.165) is 22.2 Å². The summed E-state index contributed by atoms with van der Waals surface area (Å²) >= 11 is 0.797. The van der Waals surface area contributed by atoms with Crippen molar-refractivity contribution in [3.05, 3.63) is 28.2 Å². The van der Waals surface area contributed by atoms with Crippen molar-refractivity contribution in [2.45, 2.75) is 13.3 Å². The van der Waals surface area contributed by atoms with Gasteiger partial charge in [-0.2, -0.15) is 0 Å². The van der Waals surface area contributed by atoms with Crippen LogP contribution in [0.3, 0.4) is 0 Å². The third kappa shape index (κ3) is 5.05. The van der Waals surface area contributed by atoms with Gasteiger partial charge in [0.15, 0.2) is 0 Å².